The average Bonchev–Trinajstić information content (AvgIpc) is 2.46. The van der Waals surface area contributed by atoms with Gasteiger partial charge in [0.15, 0.2) is 0 Å². The molecule has 1 aliphatic rings. The maximum atomic E-state index is 10.4. The van der Waals surface area contributed by atoms with Crippen molar-refractivity contribution in [3.05, 3.63) is 29.8 Å². The number of nitrogens with two attached hydrogens (primary N) is 1. The molecule has 20 heavy (non-hydrogen) atoms. The van der Waals surface area contributed by atoms with Crippen molar-refractivity contribution in [3.63, 3.8) is 0 Å². The van der Waals surface area contributed by atoms with Gasteiger partial charge in [0.2, 0.25) is 0 Å². The van der Waals surface area contributed by atoms with Crippen molar-refractivity contribution in [1.82, 2.24) is 0 Å². The molecule has 112 valence electrons. The molecule has 0 unspecified atom stereocenters. The van der Waals surface area contributed by atoms with Crippen molar-refractivity contribution in [2.45, 2.75) is 50.2 Å². The second-order valence-corrected chi connectivity index (χ2v) is 5.81. The summed E-state index contributed by atoms with van der Waals surface area (Å²) in [7, 11) is 0. The van der Waals surface area contributed by atoms with Crippen LogP contribution in [0.4, 0.5) is 0 Å². The van der Waals surface area contributed by atoms with Gasteiger partial charge in [0.1, 0.15) is 12.4 Å². The van der Waals surface area contributed by atoms with Crippen LogP contribution in [-0.4, -0.2) is 35.1 Å². The van der Waals surface area contributed by atoms with Gasteiger partial charge >= 0.3 is 0 Å². The molecule has 0 aliphatic heterocycles. The largest absolute Gasteiger partial charge is 0.491 e. The Morgan fingerprint density at radius 2 is 2.00 bits per heavy atom. The van der Waals surface area contributed by atoms with E-state index in [-0.39, 0.29) is 6.54 Å². The minimum absolute atomic E-state index is 0.255. The van der Waals surface area contributed by atoms with E-state index in [4.69, 9.17) is 10.5 Å². The zero-order valence-electron chi connectivity index (χ0n) is 11.9. The first-order chi connectivity index (χ1) is 9.61. The first-order valence-corrected chi connectivity index (χ1v) is 7.43. The summed E-state index contributed by atoms with van der Waals surface area (Å²) in [6.07, 6.45) is 4.99. The lowest BCUT2D eigenvalue weighted by atomic mass is 9.85. The Morgan fingerprint density at radius 3 is 2.70 bits per heavy atom. The summed E-state index contributed by atoms with van der Waals surface area (Å²) in [4.78, 5) is 0. The molecular formula is C16H25NO3. The Balaban J connectivity index is 1.90. The van der Waals surface area contributed by atoms with Gasteiger partial charge < -0.3 is 20.7 Å². The SMILES string of the molecule is NC[C@@H](O)Cc1cccc(OCC2(O)CCCCC2)c1. The van der Waals surface area contributed by atoms with E-state index in [1.165, 1.54) is 6.42 Å². The molecule has 2 rings (SSSR count). The molecule has 1 aliphatic carbocycles. The highest BCUT2D eigenvalue weighted by molar-refractivity contribution is 5.29. The Kier molecular flexibility index (Phi) is 5.40. The molecule has 1 saturated carbocycles. The summed E-state index contributed by atoms with van der Waals surface area (Å²) in [5, 5.41) is 20.0. The van der Waals surface area contributed by atoms with E-state index in [1.807, 2.05) is 24.3 Å². The summed E-state index contributed by atoms with van der Waals surface area (Å²) >= 11 is 0. The zero-order chi connectivity index (χ0) is 14.4. The van der Waals surface area contributed by atoms with Gasteiger partial charge in [0.05, 0.1) is 11.7 Å². The van der Waals surface area contributed by atoms with Crippen LogP contribution in [0.2, 0.25) is 0 Å². The van der Waals surface area contributed by atoms with E-state index in [0.717, 1.165) is 37.0 Å². The summed E-state index contributed by atoms with van der Waals surface area (Å²) in [6.45, 7) is 0.598. The first-order valence-electron chi connectivity index (χ1n) is 7.43. The number of hydrogen-bond donors (Lipinski definition) is 3. The summed E-state index contributed by atoms with van der Waals surface area (Å²) in [6, 6.07) is 7.63. The molecule has 0 radical (unpaired) electrons. The monoisotopic (exact) mass is 279 g/mol. The van der Waals surface area contributed by atoms with Crippen molar-refractivity contribution < 1.29 is 14.9 Å². The van der Waals surface area contributed by atoms with Crippen molar-refractivity contribution in [2.24, 2.45) is 5.73 Å². The predicted molar refractivity (Wildman–Crippen MR) is 78.7 cm³/mol. The molecule has 4 nitrogen and oxygen atoms in total. The van der Waals surface area contributed by atoms with Crippen LogP contribution in [0.5, 0.6) is 5.75 Å². The van der Waals surface area contributed by atoms with Crippen LogP contribution in [-0.2, 0) is 6.42 Å². The highest BCUT2D eigenvalue weighted by atomic mass is 16.5. The molecule has 0 amide bonds. The van der Waals surface area contributed by atoms with Gasteiger partial charge in [-0.15, -0.1) is 0 Å². The molecule has 0 saturated heterocycles. The van der Waals surface area contributed by atoms with Crippen molar-refractivity contribution >= 4 is 0 Å². The average molecular weight is 279 g/mol. The fraction of sp³-hybridized carbons (Fsp3) is 0.625. The van der Waals surface area contributed by atoms with Crippen LogP contribution >= 0.6 is 0 Å². The van der Waals surface area contributed by atoms with E-state index in [2.05, 4.69) is 0 Å². The molecular weight excluding hydrogens is 254 g/mol. The molecule has 4 heteroatoms. The smallest absolute Gasteiger partial charge is 0.119 e. The third kappa shape index (κ3) is 4.47. The summed E-state index contributed by atoms with van der Waals surface area (Å²) in [5.41, 5.74) is 5.74. The maximum absolute atomic E-state index is 10.4. The van der Waals surface area contributed by atoms with Crippen LogP contribution in [0.25, 0.3) is 0 Å². The van der Waals surface area contributed by atoms with E-state index in [9.17, 15) is 10.2 Å². The van der Waals surface area contributed by atoms with Gasteiger partial charge in [-0.25, -0.2) is 0 Å². The van der Waals surface area contributed by atoms with Crippen LogP contribution in [0, 0.1) is 0 Å². The molecule has 1 atom stereocenters. The molecule has 0 spiro atoms. The molecule has 0 aromatic heterocycles. The van der Waals surface area contributed by atoms with E-state index >= 15 is 0 Å². The zero-order valence-corrected chi connectivity index (χ0v) is 11.9. The predicted octanol–water partition coefficient (Wildman–Crippen LogP) is 1.62. The molecule has 1 aromatic carbocycles. The maximum Gasteiger partial charge on any atom is 0.119 e. The lowest BCUT2D eigenvalue weighted by molar-refractivity contribution is -0.0339. The second kappa shape index (κ2) is 7.07. The number of aliphatic hydroxyl groups excluding tert-OH is 1. The van der Waals surface area contributed by atoms with Crippen LogP contribution in [0.1, 0.15) is 37.7 Å². The van der Waals surface area contributed by atoms with E-state index in [1.54, 1.807) is 0 Å². The van der Waals surface area contributed by atoms with Gasteiger partial charge in [-0.1, -0.05) is 31.4 Å². The van der Waals surface area contributed by atoms with E-state index in [0.29, 0.717) is 13.0 Å². The Hall–Kier alpha value is -1.10. The van der Waals surface area contributed by atoms with Gasteiger partial charge in [0.25, 0.3) is 0 Å². The lowest BCUT2D eigenvalue weighted by Crippen LogP contribution is -2.37. The Labute approximate surface area is 120 Å². The second-order valence-electron chi connectivity index (χ2n) is 5.81. The Morgan fingerprint density at radius 1 is 1.25 bits per heavy atom. The molecule has 1 fully saturated rings. The molecule has 0 bridgehead atoms. The van der Waals surface area contributed by atoms with Crippen LogP contribution < -0.4 is 10.5 Å². The van der Waals surface area contributed by atoms with Crippen molar-refractivity contribution in [3.8, 4) is 5.75 Å². The van der Waals surface area contributed by atoms with Gasteiger partial charge in [-0.2, -0.15) is 0 Å². The van der Waals surface area contributed by atoms with Gasteiger partial charge in [-0.3, -0.25) is 0 Å². The van der Waals surface area contributed by atoms with Crippen molar-refractivity contribution in [1.29, 1.82) is 0 Å². The highest BCUT2D eigenvalue weighted by Gasteiger charge is 2.29. The number of hydrogen-bond acceptors (Lipinski definition) is 4. The fourth-order valence-corrected chi connectivity index (χ4v) is 2.69. The number of aliphatic hydroxyl groups is 2. The number of ether oxygens (including phenoxy) is 1. The third-order valence-electron chi connectivity index (χ3n) is 3.93. The number of benzene rings is 1. The topological polar surface area (TPSA) is 75.7 Å². The van der Waals surface area contributed by atoms with E-state index < -0.39 is 11.7 Å². The summed E-state index contributed by atoms with van der Waals surface area (Å²) in [5.74, 6) is 0.741. The summed E-state index contributed by atoms with van der Waals surface area (Å²) < 4.78 is 5.74. The standard InChI is InChI=1S/C16H25NO3/c17-11-14(18)9-13-5-4-6-15(10-13)20-12-16(19)7-2-1-3-8-16/h4-6,10,14,18-19H,1-3,7-9,11-12,17H2/t14-/m0/s1. The fourth-order valence-electron chi connectivity index (χ4n) is 2.69. The molecule has 1 aromatic rings. The normalized spacial score (nSPS) is 19.6. The quantitative estimate of drug-likeness (QED) is 0.739. The minimum Gasteiger partial charge on any atom is -0.491 e. The highest BCUT2D eigenvalue weighted by Crippen LogP contribution is 2.29. The van der Waals surface area contributed by atoms with Crippen LogP contribution in [0.3, 0.4) is 0 Å². The lowest BCUT2D eigenvalue weighted by Gasteiger charge is -2.31. The third-order valence-corrected chi connectivity index (χ3v) is 3.93. The van der Waals surface area contributed by atoms with Crippen molar-refractivity contribution in [2.75, 3.05) is 13.2 Å². The van der Waals surface area contributed by atoms with Gasteiger partial charge in [0, 0.05) is 6.54 Å². The van der Waals surface area contributed by atoms with Crippen LogP contribution in [0.15, 0.2) is 24.3 Å². The molecule has 4 N–H and O–H groups in total. The first kappa shape index (κ1) is 15.3. The number of rotatable bonds is 6. The molecule has 0 heterocycles. The Bertz CT molecular complexity index is 416. The van der Waals surface area contributed by atoms with Gasteiger partial charge in [-0.05, 0) is 37.0 Å². The minimum atomic E-state index is -0.676.